The molecule has 0 saturated heterocycles. The highest BCUT2D eigenvalue weighted by Crippen LogP contribution is 2.14. The van der Waals surface area contributed by atoms with Crippen LogP contribution in [0.2, 0.25) is 0 Å². The molecule has 2 nitrogen and oxygen atoms in total. The third kappa shape index (κ3) is 3.02. The highest BCUT2D eigenvalue weighted by molar-refractivity contribution is 5.31. The second-order valence-corrected chi connectivity index (χ2v) is 5.24. The lowest BCUT2D eigenvalue weighted by molar-refractivity contribution is 0.665. The first-order valence-corrected chi connectivity index (χ1v) is 6.52. The smallest absolute Gasteiger partial charge is 0.0475 e. The average molecular weight is 242 g/mol. The molecule has 1 aromatic heterocycles. The molecule has 2 N–H and O–H groups in total. The first-order chi connectivity index (χ1) is 8.56. The van der Waals surface area contributed by atoms with E-state index in [2.05, 4.69) is 61.9 Å². The van der Waals surface area contributed by atoms with Crippen LogP contribution in [0.15, 0.2) is 36.5 Å². The molecule has 0 aliphatic carbocycles. The molecule has 2 heteroatoms. The maximum absolute atomic E-state index is 5.89. The number of hydrogen-bond acceptors (Lipinski definition) is 1. The Morgan fingerprint density at radius 2 is 2.00 bits per heavy atom. The summed E-state index contributed by atoms with van der Waals surface area (Å²) >= 11 is 0. The van der Waals surface area contributed by atoms with Gasteiger partial charge in [0.25, 0.3) is 0 Å². The van der Waals surface area contributed by atoms with Crippen molar-refractivity contribution in [2.45, 2.75) is 39.8 Å². The Morgan fingerprint density at radius 3 is 2.72 bits per heavy atom. The third-order valence-corrected chi connectivity index (χ3v) is 3.30. The van der Waals surface area contributed by atoms with Crippen LogP contribution in [0.3, 0.4) is 0 Å². The molecule has 1 atom stereocenters. The van der Waals surface area contributed by atoms with Gasteiger partial charge in [-0.2, -0.15) is 0 Å². The maximum Gasteiger partial charge on any atom is 0.0475 e. The lowest BCUT2D eigenvalue weighted by Gasteiger charge is -2.13. The maximum atomic E-state index is 5.89. The van der Waals surface area contributed by atoms with Crippen molar-refractivity contribution in [1.82, 2.24) is 4.57 Å². The molecule has 2 aromatic rings. The number of nitrogens with zero attached hydrogens (tertiary/aromatic N) is 1. The van der Waals surface area contributed by atoms with Gasteiger partial charge in [0.1, 0.15) is 0 Å². The fraction of sp³-hybridized carbons (Fsp3) is 0.375. The van der Waals surface area contributed by atoms with Crippen molar-refractivity contribution in [1.29, 1.82) is 0 Å². The van der Waals surface area contributed by atoms with Crippen LogP contribution in [0.4, 0.5) is 0 Å². The van der Waals surface area contributed by atoms with E-state index in [4.69, 9.17) is 5.73 Å². The van der Waals surface area contributed by atoms with Crippen molar-refractivity contribution in [3.8, 4) is 0 Å². The quantitative estimate of drug-likeness (QED) is 0.877. The van der Waals surface area contributed by atoms with Gasteiger partial charge in [-0.25, -0.2) is 0 Å². The van der Waals surface area contributed by atoms with Gasteiger partial charge in [0.15, 0.2) is 0 Å². The molecule has 1 heterocycles. The number of rotatable bonds is 4. The summed E-state index contributed by atoms with van der Waals surface area (Å²) in [4.78, 5) is 0. The minimum Gasteiger partial charge on any atom is -0.347 e. The van der Waals surface area contributed by atoms with Crippen molar-refractivity contribution in [3.05, 3.63) is 58.9 Å². The Balaban J connectivity index is 2.23. The summed E-state index contributed by atoms with van der Waals surface area (Å²) in [6, 6.07) is 11.1. The number of benzene rings is 1. The van der Waals surface area contributed by atoms with E-state index >= 15 is 0 Å². The van der Waals surface area contributed by atoms with Gasteiger partial charge in [-0.15, -0.1) is 0 Å². The normalized spacial score (nSPS) is 12.7. The average Bonchev–Trinajstić information content (AvgIpc) is 2.70. The van der Waals surface area contributed by atoms with Crippen molar-refractivity contribution >= 4 is 0 Å². The van der Waals surface area contributed by atoms with Crippen LogP contribution in [0.1, 0.15) is 29.3 Å². The summed E-state index contributed by atoms with van der Waals surface area (Å²) < 4.78 is 2.30. The lowest BCUT2D eigenvalue weighted by Crippen LogP contribution is -2.20. The van der Waals surface area contributed by atoms with Gasteiger partial charge in [0.05, 0.1) is 0 Å². The van der Waals surface area contributed by atoms with Gasteiger partial charge >= 0.3 is 0 Å². The topological polar surface area (TPSA) is 30.9 Å². The summed E-state index contributed by atoms with van der Waals surface area (Å²) in [7, 11) is 0. The minimum atomic E-state index is 0.206. The highest BCUT2D eigenvalue weighted by Gasteiger charge is 2.06. The predicted octanol–water partition coefficient (Wildman–Crippen LogP) is 3.04. The molecule has 0 aliphatic rings. The molecule has 1 unspecified atom stereocenters. The van der Waals surface area contributed by atoms with Gasteiger partial charge in [0, 0.05) is 30.9 Å². The number of nitrogens with two attached hydrogens (primary N) is 1. The van der Waals surface area contributed by atoms with Crippen molar-refractivity contribution in [3.63, 3.8) is 0 Å². The van der Waals surface area contributed by atoms with Crippen LogP contribution < -0.4 is 5.73 Å². The van der Waals surface area contributed by atoms with Crippen LogP contribution in [0.25, 0.3) is 0 Å². The Bertz CT molecular complexity index is 524. The monoisotopic (exact) mass is 242 g/mol. The van der Waals surface area contributed by atoms with E-state index < -0.39 is 0 Å². The van der Waals surface area contributed by atoms with E-state index in [9.17, 15) is 0 Å². The number of aryl methyl sites for hydroxylation is 2. The second-order valence-electron chi connectivity index (χ2n) is 5.24. The minimum absolute atomic E-state index is 0.206. The van der Waals surface area contributed by atoms with Gasteiger partial charge in [-0.1, -0.05) is 23.8 Å². The van der Waals surface area contributed by atoms with Crippen molar-refractivity contribution in [2.75, 3.05) is 0 Å². The van der Waals surface area contributed by atoms with E-state index in [1.807, 2.05) is 0 Å². The zero-order valence-corrected chi connectivity index (χ0v) is 11.5. The standard InChI is InChI=1S/C16H22N2/c1-12-6-7-13(2)15(9-12)11-18-8-4-5-16(18)10-14(3)17/h4-9,14H,10-11,17H2,1-3H3. The van der Waals surface area contributed by atoms with Gasteiger partial charge in [-0.3, -0.25) is 0 Å². The molecule has 0 aliphatic heterocycles. The predicted molar refractivity (Wildman–Crippen MR) is 76.8 cm³/mol. The summed E-state index contributed by atoms with van der Waals surface area (Å²) in [6.07, 6.45) is 3.07. The molecule has 0 fully saturated rings. The molecule has 2 rings (SSSR count). The van der Waals surface area contributed by atoms with Crippen molar-refractivity contribution in [2.24, 2.45) is 5.73 Å². The van der Waals surface area contributed by atoms with E-state index in [0.717, 1.165) is 13.0 Å². The molecular formula is C16H22N2. The second kappa shape index (κ2) is 5.40. The Hall–Kier alpha value is -1.54. The van der Waals surface area contributed by atoms with Crippen molar-refractivity contribution < 1.29 is 0 Å². The van der Waals surface area contributed by atoms with Gasteiger partial charge < -0.3 is 10.3 Å². The number of aromatic nitrogens is 1. The van der Waals surface area contributed by atoms with Gasteiger partial charge in [-0.05, 0) is 44.0 Å². The molecule has 18 heavy (non-hydrogen) atoms. The molecule has 1 aromatic carbocycles. The Labute approximate surface area is 109 Å². The van der Waals surface area contributed by atoms with Crippen LogP contribution in [-0.4, -0.2) is 10.6 Å². The first kappa shape index (κ1) is 12.9. The largest absolute Gasteiger partial charge is 0.347 e. The van der Waals surface area contributed by atoms with E-state index in [1.165, 1.54) is 22.4 Å². The third-order valence-electron chi connectivity index (χ3n) is 3.30. The summed E-state index contributed by atoms with van der Waals surface area (Å²) in [6.45, 7) is 7.29. The molecule has 0 spiro atoms. The molecule has 0 saturated carbocycles. The number of hydrogen-bond donors (Lipinski definition) is 1. The molecule has 0 amide bonds. The van der Waals surface area contributed by atoms with Crippen LogP contribution in [-0.2, 0) is 13.0 Å². The lowest BCUT2D eigenvalue weighted by atomic mass is 10.1. The van der Waals surface area contributed by atoms with Crippen LogP contribution in [0.5, 0.6) is 0 Å². The van der Waals surface area contributed by atoms with E-state index in [-0.39, 0.29) is 6.04 Å². The molecule has 0 radical (unpaired) electrons. The SMILES string of the molecule is Cc1ccc(C)c(Cn2cccc2CC(C)N)c1. The summed E-state index contributed by atoms with van der Waals surface area (Å²) in [5, 5.41) is 0. The van der Waals surface area contributed by atoms with Gasteiger partial charge in [0.2, 0.25) is 0 Å². The van der Waals surface area contributed by atoms with Crippen LogP contribution in [0, 0.1) is 13.8 Å². The highest BCUT2D eigenvalue weighted by atomic mass is 15.0. The summed E-state index contributed by atoms with van der Waals surface area (Å²) in [5.74, 6) is 0. The zero-order chi connectivity index (χ0) is 13.1. The Kier molecular flexibility index (Phi) is 3.87. The molecule has 0 bridgehead atoms. The fourth-order valence-electron chi connectivity index (χ4n) is 2.27. The summed E-state index contributed by atoms with van der Waals surface area (Å²) in [5.41, 5.74) is 11.2. The molecule has 96 valence electrons. The zero-order valence-electron chi connectivity index (χ0n) is 11.5. The fourth-order valence-corrected chi connectivity index (χ4v) is 2.27. The Morgan fingerprint density at radius 1 is 1.22 bits per heavy atom. The van der Waals surface area contributed by atoms with E-state index in [1.54, 1.807) is 0 Å². The molecular weight excluding hydrogens is 220 g/mol. The van der Waals surface area contributed by atoms with E-state index in [0.29, 0.717) is 0 Å². The van der Waals surface area contributed by atoms with Crippen LogP contribution >= 0.6 is 0 Å². The first-order valence-electron chi connectivity index (χ1n) is 6.52.